The standard InChI is InChI=1S/C24H32N4O3S.C2H2O4/c1-20(29)25-22-7-9-24(10-8-22)32(30,31)28-17-15-27(16-18-28)23-11-13-26(14-12-23)19-21-5-3-2-4-6-21;3-1(4)2(5)6/h2-10,23H,11-19H2,1H3,(H,25,29);(H,3,4)(H,5,6). The first-order valence-electron chi connectivity index (χ1n) is 12.4. The first-order chi connectivity index (χ1) is 18.1. The van der Waals surface area contributed by atoms with E-state index in [9.17, 15) is 13.2 Å². The summed E-state index contributed by atoms with van der Waals surface area (Å²) in [5, 5.41) is 17.4. The molecular formula is C26H34N4O7S. The number of aliphatic carboxylic acids is 2. The fourth-order valence-electron chi connectivity index (χ4n) is 4.66. The van der Waals surface area contributed by atoms with Crippen molar-refractivity contribution in [1.29, 1.82) is 0 Å². The summed E-state index contributed by atoms with van der Waals surface area (Å²) in [6.45, 7) is 7.16. The number of carboxylic acid groups (broad SMARTS) is 2. The number of carboxylic acids is 2. The SMILES string of the molecule is CC(=O)Nc1ccc(S(=O)(=O)N2CCN(C3CCN(Cc4ccccc4)CC3)CC2)cc1.O=C(O)C(=O)O. The molecule has 3 N–H and O–H groups in total. The maximum absolute atomic E-state index is 13.0. The summed E-state index contributed by atoms with van der Waals surface area (Å²) in [6, 6.07) is 17.5. The summed E-state index contributed by atoms with van der Waals surface area (Å²) in [5.41, 5.74) is 1.95. The summed E-state index contributed by atoms with van der Waals surface area (Å²) >= 11 is 0. The first-order valence-corrected chi connectivity index (χ1v) is 13.8. The van der Waals surface area contributed by atoms with Crippen molar-refractivity contribution in [1.82, 2.24) is 14.1 Å². The van der Waals surface area contributed by atoms with Crippen LogP contribution in [0.2, 0.25) is 0 Å². The average molecular weight is 547 g/mol. The molecule has 2 fully saturated rings. The Kier molecular flexibility index (Phi) is 10.4. The number of likely N-dealkylation sites (tertiary alicyclic amines) is 1. The Hall–Kier alpha value is -3.32. The predicted molar refractivity (Wildman–Crippen MR) is 141 cm³/mol. The second-order valence-corrected chi connectivity index (χ2v) is 11.2. The van der Waals surface area contributed by atoms with Gasteiger partial charge in [-0.3, -0.25) is 14.6 Å². The molecule has 2 aromatic rings. The van der Waals surface area contributed by atoms with Crippen molar-refractivity contribution in [2.24, 2.45) is 0 Å². The van der Waals surface area contributed by atoms with Crippen LogP contribution in [-0.4, -0.2) is 95.9 Å². The van der Waals surface area contributed by atoms with Crippen LogP contribution in [0.4, 0.5) is 5.69 Å². The van der Waals surface area contributed by atoms with E-state index in [0.717, 1.165) is 45.6 Å². The van der Waals surface area contributed by atoms with Gasteiger partial charge in [0, 0.05) is 51.4 Å². The highest BCUT2D eigenvalue weighted by molar-refractivity contribution is 7.89. The molecule has 0 aliphatic carbocycles. The molecule has 2 aliphatic heterocycles. The highest BCUT2D eigenvalue weighted by atomic mass is 32.2. The van der Waals surface area contributed by atoms with E-state index in [-0.39, 0.29) is 10.8 Å². The van der Waals surface area contributed by atoms with Gasteiger partial charge in [0.2, 0.25) is 15.9 Å². The van der Waals surface area contributed by atoms with E-state index in [1.807, 2.05) is 0 Å². The molecule has 0 spiro atoms. The lowest BCUT2D eigenvalue weighted by molar-refractivity contribution is -0.159. The molecule has 2 aromatic carbocycles. The number of piperidine rings is 1. The monoisotopic (exact) mass is 546 g/mol. The number of benzene rings is 2. The number of piperazine rings is 1. The topological polar surface area (TPSA) is 148 Å². The molecule has 4 rings (SSSR count). The fourth-order valence-corrected chi connectivity index (χ4v) is 6.08. The average Bonchev–Trinajstić information content (AvgIpc) is 2.90. The third-order valence-electron chi connectivity index (χ3n) is 6.59. The van der Waals surface area contributed by atoms with Crippen molar-refractivity contribution in [2.45, 2.75) is 37.2 Å². The molecule has 0 bridgehead atoms. The Labute approximate surface area is 222 Å². The van der Waals surface area contributed by atoms with Crippen LogP contribution < -0.4 is 5.32 Å². The summed E-state index contributed by atoms with van der Waals surface area (Å²) in [6.07, 6.45) is 2.26. The van der Waals surface area contributed by atoms with Crippen LogP contribution in [-0.2, 0) is 31.0 Å². The quantitative estimate of drug-likeness (QED) is 0.461. The van der Waals surface area contributed by atoms with Crippen LogP contribution in [0.3, 0.4) is 0 Å². The maximum Gasteiger partial charge on any atom is 0.414 e. The van der Waals surface area contributed by atoms with Gasteiger partial charge in [0.1, 0.15) is 0 Å². The maximum atomic E-state index is 13.0. The number of amides is 1. The van der Waals surface area contributed by atoms with Crippen molar-refractivity contribution >= 4 is 33.6 Å². The number of sulfonamides is 1. The normalized spacial score (nSPS) is 17.7. The molecule has 2 aliphatic rings. The van der Waals surface area contributed by atoms with Gasteiger partial charge in [-0.25, -0.2) is 18.0 Å². The van der Waals surface area contributed by atoms with Crippen molar-refractivity contribution in [2.75, 3.05) is 44.6 Å². The van der Waals surface area contributed by atoms with E-state index in [1.54, 1.807) is 28.6 Å². The Balaban J connectivity index is 0.000000599. The summed E-state index contributed by atoms with van der Waals surface area (Å²) in [5.74, 6) is -3.83. The molecule has 0 atom stereocenters. The Morgan fingerprint density at radius 1 is 0.842 bits per heavy atom. The van der Waals surface area contributed by atoms with E-state index in [1.165, 1.54) is 12.5 Å². The summed E-state index contributed by atoms with van der Waals surface area (Å²) in [7, 11) is -3.52. The predicted octanol–water partition coefficient (Wildman–Crippen LogP) is 1.77. The van der Waals surface area contributed by atoms with Gasteiger partial charge in [-0.2, -0.15) is 4.31 Å². The Bertz CT molecular complexity index is 1180. The van der Waals surface area contributed by atoms with Crippen molar-refractivity contribution in [3.05, 3.63) is 60.2 Å². The molecule has 0 saturated carbocycles. The van der Waals surface area contributed by atoms with Crippen molar-refractivity contribution in [3.8, 4) is 0 Å². The van der Waals surface area contributed by atoms with Crippen molar-refractivity contribution in [3.63, 3.8) is 0 Å². The van der Waals surface area contributed by atoms with Gasteiger partial charge in [0.15, 0.2) is 0 Å². The minimum atomic E-state index is -3.52. The number of carbonyl (C=O) groups excluding carboxylic acids is 1. The molecule has 0 aromatic heterocycles. The molecular weight excluding hydrogens is 512 g/mol. The second kappa shape index (κ2) is 13.5. The summed E-state index contributed by atoms with van der Waals surface area (Å²) < 4.78 is 27.7. The van der Waals surface area contributed by atoms with E-state index in [0.29, 0.717) is 24.8 Å². The highest BCUT2D eigenvalue weighted by Gasteiger charge is 2.32. The minimum absolute atomic E-state index is 0.178. The van der Waals surface area contributed by atoms with Gasteiger partial charge in [-0.05, 0) is 55.8 Å². The van der Waals surface area contributed by atoms with Gasteiger partial charge < -0.3 is 15.5 Å². The van der Waals surface area contributed by atoms with E-state index in [4.69, 9.17) is 19.8 Å². The molecule has 2 heterocycles. The van der Waals surface area contributed by atoms with Crippen molar-refractivity contribution < 1.29 is 33.0 Å². The van der Waals surface area contributed by atoms with Crippen LogP contribution in [0.15, 0.2) is 59.5 Å². The first kappa shape index (κ1) is 29.2. The number of nitrogens with one attached hydrogen (secondary N) is 1. The van der Waals surface area contributed by atoms with Gasteiger partial charge in [-0.15, -0.1) is 0 Å². The van der Waals surface area contributed by atoms with Crippen LogP contribution in [0.5, 0.6) is 0 Å². The number of rotatable bonds is 6. The fraction of sp³-hybridized carbons (Fsp3) is 0.423. The molecule has 0 unspecified atom stereocenters. The third kappa shape index (κ3) is 8.35. The van der Waals surface area contributed by atoms with Crippen LogP contribution in [0.1, 0.15) is 25.3 Å². The number of carbonyl (C=O) groups is 3. The lowest BCUT2D eigenvalue weighted by Gasteiger charge is -2.42. The number of hydrogen-bond donors (Lipinski definition) is 3. The Morgan fingerprint density at radius 2 is 1.39 bits per heavy atom. The van der Waals surface area contributed by atoms with Crippen LogP contribution in [0, 0.1) is 0 Å². The number of anilines is 1. The lowest BCUT2D eigenvalue weighted by Crippen LogP contribution is -2.54. The van der Waals surface area contributed by atoms with E-state index >= 15 is 0 Å². The molecule has 11 nitrogen and oxygen atoms in total. The van der Waals surface area contributed by atoms with Gasteiger partial charge >= 0.3 is 11.9 Å². The molecule has 0 radical (unpaired) electrons. The smallest absolute Gasteiger partial charge is 0.414 e. The summed E-state index contributed by atoms with van der Waals surface area (Å²) in [4.78, 5) is 34.6. The highest BCUT2D eigenvalue weighted by Crippen LogP contribution is 2.23. The zero-order valence-electron chi connectivity index (χ0n) is 21.3. The van der Waals surface area contributed by atoms with E-state index in [2.05, 4.69) is 45.4 Å². The molecule has 38 heavy (non-hydrogen) atoms. The van der Waals surface area contributed by atoms with Gasteiger partial charge in [0.05, 0.1) is 4.90 Å². The zero-order chi connectivity index (χ0) is 27.7. The molecule has 1 amide bonds. The number of hydrogen-bond acceptors (Lipinski definition) is 7. The largest absolute Gasteiger partial charge is 0.473 e. The third-order valence-corrected chi connectivity index (χ3v) is 8.50. The van der Waals surface area contributed by atoms with Gasteiger partial charge in [-0.1, -0.05) is 30.3 Å². The number of nitrogens with zero attached hydrogens (tertiary/aromatic N) is 3. The van der Waals surface area contributed by atoms with Crippen LogP contribution >= 0.6 is 0 Å². The van der Waals surface area contributed by atoms with E-state index < -0.39 is 22.0 Å². The van der Waals surface area contributed by atoms with Gasteiger partial charge in [0.25, 0.3) is 0 Å². The molecule has 206 valence electrons. The second-order valence-electron chi connectivity index (χ2n) is 9.25. The zero-order valence-corrected chi connectivity index (χ0v) is 22.1. The lowest BCUT2D eigenvalue weighted by atomic mass is 10.0. The molecule has 12 heteroatoms. The minimum Gasteiger partial charge on any atom is -0.473 e. The van der Waals surface area contributed by atoms with Crippen LogP contribution in [0.25, 0.3) is 0 Å². The Morgan fingerprint density at radius 3 is 1.89 bits per heavy atom. The molecule has 2 saturated heterocycles.